The van der Waals surface area contributed by atoms with E-state index in [0.29, 0.717) is 5.56 Å². The Kier molecular flexibility index (Phi) is 3.03. The van der Waals surface area contributed by atoms with Gasteiger partial charge in [0.1, 0.15) is 0 Å². The van der Waals surface area contributed by atoms with Crippen LogP contribution in [0.5, 0.6) is 0 Å². The Bertz CT molecular complexity index is 680. The Balaban J connectivity index is 2.81. The highest BCUT2D eigenvalue weighted by Crippen LogP contribution is 2.33. The van der Waals surface area contributed by atoms with E-state index in [0.717, 1.165) is 6.07 Å². The van der Waals surface area contributed by atoms with Crippen molar-refractivity contribution in [1.82, 2.24) is 0 Å². The number of nitriles is 1. The molecule has 0 N–H and O–H groups in total. The first kappa shape index (κ1) is 11.8. The number of nitrogens with zero attached hydrogens (tertiary/aromatic N) is 2. The second kappa shape index (κ2) is 4.65. The molecule has 2 aromatic rings. The van der Waals surface area contributed by atoms with Gasteiger partial charge in [0.05, 0.1) is 18.2 Å². The minimum Gasteiger partial charge on any atom is -0.235 e. The summed E-state index contributed by atoms with van der Waals surface area (Å²) in [6.07, 6.45) is 0. The Morgan fingerprint density at radius 1 is 1.11 bits per heavy atom. The lowest BCUT2D eigenvalue weighted by Gasteiger charge is -2.08. The van der Waals surface area contributed by atoms with Crippen LogP contribution in [-0.2, 0) is 0 Å². The normalized spacial score (nSPS) is 9.56. The summed E-state index contributed by atoms with van der Waals surface area (Å²) in [4.78, 5) is 2.86. The molecule has 0 radical (unpaired) electrons. The maximum absolute atomic E-state index is 13.9. The van der Waals surface area contributed by atoms with Crippen molar-refractivity contribution in [3.05, 3.63) is 65.0 Å². The van der Waals surface area contributed by atoms with Gasteiger partial charge in [-0.25, -0.2) is 13.6 Å². The Labute approximate surface area is 103 Å². The zero-order valence-corrected chi connectivity index (χ0v) is 9.11. The van der Waals surface area contributed by atoms with Crippen LogP contribution >= 0.6 is 0 Å². The minimum atomic E-state index is -1.22. The van der Waals surface area contributed by atoms with Gasteiger partial charge < -0.3 is 0 Å². The van der Waals surface area contributed by atoms with E-state index in [4.69, 9.17) is 11.8 Å². The monoisotopic (exact) mass is 240 g/mol. The fourth-order valence-electron chi connectivity index (χ4n) is 1.67. The predicted molar refractivity (Wildman–Crippen MR) is 62.8 cm³/mol. The molecule has 0 bridgehead atoms. The van der Waals surface area contributed by atoms with E-state index in [2.05, 4.69) is 4.85 Å². The minimum absolute atomic E-state index is 0.0499. The van der Waals surface area contributed by atoms with Crippen molar-refractivity contribution in [3.8, 4) is 17.2 Å². The standard InChI is InChI=1S/C14H6F2N2/c1-18-11-7-10(8-17)12(14(16)13(11)15)9-5-3-2-4-6-9/h2-7H. The molecule has 2 aromatic carbocycles. The maximum Gasteiger partial charge on any atom is 0.226 e. The van der Waals surface area contributed by atoms with Crippen LogP contribution in [0.15, 0.2) is 36.4 Å². The summed E-state index contributed by atoms with van der Waals surface area (Å²) < 4.78 is 27.5. The lowest BCUT2D eigenvalue weighted by molar-refractivity contribution is 0.515. The quantitative estimate of drug-likeness (QED) is 0.691. The Morgan fingerprint density at radius 3 is 2.33 bits per heavy atom. The zero-order valence-electron chi connectivity index (χ0n) is 9.11. The zero-order chi connectivity index (χ0) is 13.1. The second-order valence-corrected chi connectivity index (χ2v) is 3.54. The molecule has 86 valence electrons. The first-order valence-corrected chi connectivity index (χ1v) is 5.04. The fraction of sp³-hybridized carbons (Fsp3) is 0. The van der Waals surface area contributed by atoms with Gasteiger partial charge in [-0.2, -0.15) is 5.26 Å². The van der Waals surface area contributed by atoms with E-state index in [1.807, 2.05) is 0 Å². The second-order valence-electron chi connectivity index (χ2n) is 3.54. The number of benzene rings is 2. The summed E-state index contributed by atoms with van der Waals surface area (Å²) in [6.45, 7) is 6.74. The number of rotatable bonds is 1. The molecule has 0 amide bonds. The first-order chi connectivity index (χ1) is 8.69. The molecule has 18 heavy (non-hydrogen) atoms. The molecule has 0 heterocycles. The van der Waals surface area contributed by atoms with Gasteiger partial charge in [0.2, 0.25) is 5.69 Å². The first-order valence-electron chi connectivity index (χ1n) is 5.04. The van der Waals surface area contributed by atoms with E-state index in [1.165, 1.54) is 0 Å². The molecular weight excluding hydrogens is 234 g/mol. The van der Waals surface area contributed by atoms with E-state index in [9.17, 15) is 8.78 Å². The van der Waals surface area contributed by atoms with Gasteiger partial charge >= 0.3 is 0 Å². The molecule has 0 unspecified atom stereocenters. The average Bonchev–Trinajstić information content (AvgIpc) is 2.42. The molecule has 0 atom stereocenters. The summed E-state index contributed by atoms with van der Waals surface area (Å²) in [6, 6.07) is 11.1. The molecule has 0 aromatic heterocycles. The van der Waals surface area contributed by atoms with Crippen molar-refractivity contribution < 1.29 is 8.78 Å². The molecule has 0 aliphatic heterocycles. The van der Waals surface area contributed by atoms with Gasteiger partial charge in [-0.15, -0.1) is 0 Å². The number of hydrogen-bond acceptors (Lipinski definition) is 1. The third kappa shape index (κ3) is 1.81. The van der Waals surface area contributed by atoms with Crippen LogP contribution in [0.3, 0.4) is 0 Å². The van der Waals surface area contributed by atoms with Gasteiger partial charge in [0.25, 0.3) is 0 Å². The molecule has 2 rings (SSSR count). The third-order valence-electron chi connectivity index (χ3n) is 2.49. The highest BCUT2D eigenvalue weighted by Gasteiger charge is 2.19. The molecule has 0 spiro atoms. The summed E-state index contributed by atoms with van der Waals surface area (Å²) in [5.74, 6) is -2.38. The summed E-state index contributed by atoms with van der Waals surface area (Å²) >= 11 is 0. The topological polar surface area (TPSA) is 28.1 Å². The molecule has 2 nitrogen and oxygen atoms in total. The van der Waals surface area contributed by atoms with Crippen molar-refractivity contribution in [2.45, 2.75) is 0 Å². The number of halogens is 2. The largest absolute Gasteiger partial charge is 0.235 e. The summed E-state index contributed by atoms with van der Waals surface area (Å²) in [5.41, 5.74) is -0.236. The molecular formula is C14H6F2N2. The third-order valence-corrected chi connectivity index (χ3v) is 2.49. The van der Waals surface area contributed by atoms with Gasteiger partial charge in [-0.05, 0) is 11.6 Å². The fourth-order valence-corrected chi connectivity index (χ4v) is 1.67. The lowest BCUT2D eigenvalue weighted by atomic mass is 9.98. The SMILES string of the molecule is [C-]#[N+]c1cc(C#N)c(-c2ccccc2)c(F)c1F. The molecule has 4 heteroatoms. The number of hydrogen-bond donors (Lipinski definition) is 0. The van der Waals surface area contributed by atoms with Gasteiger partial charge in [-0.3, -0.25) is 0 Å². The lowest BCUT2D eigenvalue weighted by Crippen LogP contribution is -1.94. The van der Waals surface area contributed by atoms with Crippen LogP contribution in [0.1, 0.15) is 5.56 Å². The molecule has 0 saturated carbocycles. The van der Waals surface area contributed by atoms with Crippen LogP contribution in [0.2, 0.25) is 0 Å². The van der Waals surface area contributed by atoms with Crippen molar-refractivity contribution in [2.75, 3.05) is 0 Å². The van der Waals surface area contributed by atoms with Gasteiger partial charge in [0, 0.05) is 5.56 Å². The van der Waals surface area contributed by atoms with Crippen LogP contribution in [0.4, 0.5) is 14.5 Å². The highest BCUT2D eigenvalue weighted by atomic mass is 19.2. The van der Waals surface area contributed by atoms with E-state index in [-0.39, 0.29) is 11.1 Å². The van der Waals surface area contributed by atoms with Gasteiger partial charge in [-0.1, -0.05) is 30.3 Å². The van der Waals surface area contributed by atoms with E-state index in [1.54, 1.807) is 36.4 Å². The molecule has 0 aliphatic carbocycles. The predicted octanol–water partition coefficient (Wildman–Crippen LogP) is 4.05. The molecule has 0 fully saturated rings. The molecule has 0 aliphatic rings. The Morgan fingerprint density at radius 2 is 1.78 bits per heavy atom. The van der Waals surface area contributed by atoms with E-state index >= 15 is 0 Å². The van der Waals surface area contributed by atoms with Crippen molar-refractivity contribution in [1.29, 1.82) is 5.26 Å². The Hall–Kier alpha value is -2.72. The van der Waals surface area contributed by atoms with Crippen LogP contribution in [0, 0.1) is 29.5 Å². The summed E-state index contributed by atoms with van der Waals surface area (Å²) in [5, 5.41) is 8.97. The van der Waals surface area contributed by atoms with E-state index < -0.39 is 17.3 Å². The highest BCUT2D eigenvalue weighted by molar-refractivity contribution is 5.74. The summed E-state index contributed by atoms with van der Waals surface area (Å²) in [7, 11) is 0. The maximum atomic E-state index is 13.9. The average molecular weight is 240 g/mol. The van der Waals surface area contributed by atoms with Crippen molar-refractivity contribution in [2.24, 2.45) is 0 Å². The van der Waals surface area contributed by atoms with Gasteiger partial charge in [0.15, 0.2) is 11.6 Å². The van der Waals surface area contributed by atoms with Crippen LogP contribution in [0.25, 0.3) is 16.0 Å². The van der Waals surface area contributed by atoms with Crippen LogP contribution < -0.4 is 0 Å². The smallest absolute Gasteiger partial charge is 0.226 e. The molecule has 0 saturated heterocycles. The van der Waals surface area contributed by atoms with Crippen molar-refractivity contribution in [3.63, 3.8) is 0 Å². The van der Waals surface area contributed by atoms with Crippen LogP contribution in [-0.4, -0.2) is 0 Å². The van der Waals surface area contributed by atoms with Crippen molar-refractivity contribution >= 4 is 5.69 Å².